The average Bonchev–Trinajstić information content (AvgIpc) is 3.08. The van der Waals surface area contributed by atoms with E-state index in [9.17, 15) is 4.79 Å². The van der Waals surface area contributed by atoms with Crippen molar-refractivity contribution in [2.45, 2.75) is 13.0 Å². The van der Waals surface area contributed by atoms with Crippen molar-refractivity contribution in [3.05, 3.63) is 18.2 Å². The molecule has 3 rings (SSSR count). The summed E-state index contributed by atoms with van der Waals surface area (Å²) in [7, 11) is 0. The summed E-state index contributed by atoms with van der Waals surface area (Å²) in [6.45, 7) is 9.51. The van der Waals surface area contributed by atoms with Crippen molar-refractivity contribution in [1.29, 1.82) is 0 Å². The maximum atomic E-state index is 12.2. The van der Waals surface area contributed by atoms with E-state index < -0.39 is 0 Å². The van der Waals surface area contributed by atoms with Gasteiger partial charge in [0.15, 0.2) is 0 Å². The standard InChI is InChI=1S/C15H26N6O.3ClH/c22-15(21-7-4-16-5-8-21)1-6-19-9-11-20(12-10-19)13-14-17-2-3-18-14;;;/h2-3,16H,1,4-13H2,(H,17,18);3*1H. The summed E-state index contributed by atoms with van der Waals surface area (Å²) in [5, 5.41) is 3.28. The minimum atomic E-state index is 0. The highest BCUT2D eigenvalue weighted by Gasteiger charge is 2.20. The minimum absolute atomic E-state index is 0. The van der Waals surface area contributed by atoms with Gasteiger partial charge in [0.05, 0.1) is 6.54 Å². The normalized spacial score (nSPS) is 18.6. The summed E-state index contributed by atoms with van der Waals surface area (Å²) < 4.78 is 0. The highest BCUT2D eigenvalue weighted by Crippen LogP contribution is 2.07. The van der Waals surface area contributed by atoms with Crippen LogP contribution < -0.4 is 5.32 Å². The molecule has 0 radical (unpaired) electrons. The SMILES string of the molecule is Cl.Cl.Cl.O=C(CCN1CCN(Cc2ncc[nH]2)CC1)N1CCNCC1. The van der Waals surface area contributed by atoms with Crippen LogP contribution in [-0.4, -0.2) is 89.5 Å². The lowest BCUT2D eigenvalue weighted by atomic mass is 10.2. The number of amides is 1. The van der Waals surface area contributed by atoms with Gasteiger partial charge >= 0.3 is 0 Å². The lowest BCUT2D eigenvalue weighted by molar-refractivity contribution is -0.132. The van der Waals surface area contributed by atoms with Crippen molar-refractivity contribution in [3.63, 3.8) is 0 Å². The maximum Gasteiger partial charge on any atom is 0.223 e. The summed E-state index contributed by atoms with van der Waals surface area (Å²) in [6, 6.07) is 0. The van der Waals surface area contributed by atoms with E-state index in [1.165, 1.54) is 0 Å². The Bertz CT molecular complexity index is 462. The van der Waals surface area contributed by atoms with Gasteiger partial charge in [0.25, 0.3) is 0 Å². The Morgan fingerprint density at radius 3 is 2.24 bits per heavy atom. The third kappa shape index (κ3) is 7.68. The summed E-state index contributed by atoms with van der Waals surface area (Å²) in [5.74, 6) is 1.34. The Morgan fingerprint density at radius 1 is 1.00 bits per heavy atom. The number of nitrogens with zero attached hydrogens (tertiary/aromatic N) is 4. The fourth-order valence-corrected chi connectivity index (χ4v) is 3.09. The molecule has 0 aromatic carbocycles. The van der Waals surface area contributed by atoms with Gasteiger partial charge in [-0.3, -0.25) is 9.69 Å². The number of carbonyl (C=O) groups is 1. The second-order valence-corrected chi connectivity index (χ2v) is 6.03. The third-order valence-corrected chi connectivity index (χ3v) is 4.50. The van der Waals surface area contributed by atoms with E-state index in [1.54, 1.807) is 6.20 Å². The predicted molar refractivity (Wildman–Crippen MR) is 106 cm³/mol. The Labute approximate surface area is 168 Å². The number of H-pyrrole nitrogens is 1. The van der Waals surface area contributed by atoms with E-state index in [1.807, 2.05) is 11.1 Å². The molecule has 3 heterocycles. The lowest BCUT2D eigenvalue weighted by Gasteiger charge is -2.34. The molecule has 1 aromatic heterocycles. The van der Waals surface area contributed by atoms with Crippen molar-refractivity contribution in [2.24, 2.45) is 0 Å². The van der Waals surface area contributed by atoms with Crippen molar-refractivity contribution in [3.8, 4) is 0 Å². The Balaban J connectivity index is 0.00000192. The molecule has 2 N–H and O–H groups in total. The fourth-order valence-electron chi connectivity index (χ4n) is 3.09. The van der Waals surface area contributed by atoms with E-state index in [0.717, 1.165) is 71.3 Å². The molecular weight excluding hydrogens is 387 g/mol. The molecule has 2 saturated heterocycles. The zero-order chi connectivity index (χ0) is 15.2. The van der Waals surface area contributed by atoms with Gasteiger partial charge in [0, 0.05) is 77.7 Å². The van der Waals surface area contributed by atoms with Gasteiger partial charge in [-0.1, -0.05) is 0 Å². The number of aromatic nitrogens is 2. The molecule has 1 aromatic rings. The number of nitrogens with one attached hydrogen (secondary N) is 2. The van der Waals surface area contributed by atoms with E-state index >= 15 is 0 Å². The highest BCUT2D eigenvalue weighted by atomic mass is 35.5. The molecule has 0 aliphatic carbocycles. The van der Waals surface area contributed by atoms with Crippen LogP contribution in [0.1, 0.15) is 12.2 Å². The molecule has 0 atom stereocenters. The van der Waals surface area contributed by atoms with Gasteiger partial charge in [-0.25, -0.2) is 4.98 Å². The monoisotopic (exact) mass is 414 g/mol. The number of carbonyl (C=O) groups excluding carboxylic acids is 1. The molecule has 1 amide bonds. The summed E-state index contributed by atoms with van der Waals surface area (Å²) in [4.78, 5) is 26.4. The molecule has 7 nitrogen and oxygen atoms in total. The smallest absolute Gasteiger partial charge is 0.223 e. The summed E-state index contributed by atoms with van der Waals surface area (Å²) >= 11 is 0. The topological polar surface area (TPSA) is 67.5 Å². The van der Waals surface area contributed by atoms with E-state index in [4.69, 9.17) is 0 Å². The van der Waals surface area contributed by atoms with Crippen LogP contribution in [0.15, 0.2) is 12.4 Å². The molecule has 0 saturated carbocycles. The molecule has 2 aliphatic rings. The largest absolute Gasteiger partial charge is 0.348 e. The zero-order valence-electron chi connectivity index (χ0n) is 14.4. The van der Waals surface area contributed by atoms with Crippen molar-refractivity contribution in [2.75, 3.05) is 58.9 Å². The van der Waals surface area contributed by atoms with Crippen molar-refractivity contribution >= 4 is 43.1 Å². The molecular formula is C15H29Cl3N6O. The van der Waals surface area contributed by atoms with Crippen molar-refractivity contribution in [1.82, 2.24) is 30.0 Å². The number of hydrogen-bond acceptors (Lipinski definition) is 5. The molecule has 146 valence electrons. The Morgan fingerprint density at radius 2 is 1.64 bits per heavy atom. The van der Waals surface area contributed by atoms with Gasteiger partial charge in [-0.15, -0.1) is 37.2 Å². The first kappa shape index (κ1) is 24.4. The lowest BCUT2D eigenvalue weighted by Crippen LogP contribution is -2.49. The van der Waals surface area contributed by atoms with Gasteiger partial charge in [-0.2, -0.15) is 0 Å². The maximum absolute atomic E-state index is 12.2. The number of hydrogen-bond donors (Lipinski definition) is 2. The summed E-state index contributed by atoms with van der Waals surface area (Å²) in [6.07, 6.45) is 4.32. The molecule has 2 aliphatic heterocycles. The van der Waals surface area contributed by atoms with Gasteiger partial charge < -0.3 is 20.1 Å². The van der Waals surface area contributed by atoms with Crippen LogP contribution >= 0.6 is 37.2 Å². The van der Waals surface area contributed by atoms with Crippen LogP contribution in [0.4, 0.5) is 0 Å². The first-order valence-corrected chi connectivity index (χ1v) is 8.23. The highest BCUT2D eigenvalue weighted by molar-refractivity contribution is 5.86. The molecule has 0 spiro atoms. The molecule has 0 unspecified atom stereocenters. The van der Waals surface area contributed by atoms with Crippen LogP contribution in [0, 0.1) is 0 Å². The van der Waals surface area contributed by atoms with E-state index in [-0.39, 0.29) is 37.2 Å². The number of aromatic amines is 1. The third-order valence-electron chi connectivity index (χ3n) is 4.50. The fraction of sp³-hybridized carbons (Fsp3) is 0.733. The molecule has 10 heteroatoms. The first-order chi connectivity index (χ1) is 10.8. The van der Waals surface area contributed by atoms with Gasteiger partial charge in [-0.05, 0) is 0 Å². The molecule has 0 bridgehead atoms. The van der Waals surface area contributed by atoms with Crippen LogP contribution in [0.25, 0.3) is 0 Å². The van der Waals surface area contributed by atoms with Crippen molar-refractivity contribution < 1.29 is 4.79 Å². The number of piperazine rings is 2. The second kappa shape index (κ2) is 12.7. The quantitative estimate of drug-likeness (QED) is 0.738. The van der Waals surface area contributed by atoms with Gasteiger partial charge in [0.1, 0.15) is 5.82 Å². The average molecular weight is 416 g/mol. The minimum Gasteiger partial charge on any atom is -0.348 e. The molecule has 25 heavy (non-hydrogen) atoms. The van der Waals surface area contributed by atoms with Gasteiger partial charge in [0.2, 0.25) is 5.91 Å². The van der Waals surface area contributed by atoms with Crippen LogP contribution in [-0.2, 0) is 11.3 Å². The Hall–Kier alpha value is -0.570. The van der Waals surface area contributed by atoms with Crippen LogP contribution in [0.2, 0.25) is 0 Å². The predicted octanol–water partition coefficient (Wildman–Crippen LogP) is 0.615. The summed E-state index contributed by atoms with van der Waals surface area (Å²) in [5.41, 5.74) is 0. The van der Waals surface area contributed by atoms with E-state index in [0.29, 0.717) is 12.3 Å². The van der Waals surface area contributed by atoms with E-state index in [2.05, 4.69) is 25.1 Å². The second-order valence-electron chi connectivity index (χ2n) is 6.03. The van der Waals surface area contributed by atoms with Crippen LogP contribution in [0.3, 0.4) is 0 Å². The zero-order valence-corrected chi connectivity index (χ0v) is 16.8. The number of halogens is 3. The van der Waals surface area contributed by atoms with Crippen LogP contribution in [0.5, 0.6) is 0 Å². The molecule has 2 fully saturated rings. The number of rotatable bonds is 5. The number of imidazole rings is 1. The Kier molecular flexibility index (Phi) is 12.4. The first-order valence-electron chi connectivity index (χ1n) is 8.23.